The van der Waals surface area contributed by atoms with Gasteiger partial charge in [-0.05, 0) is 0 Å². The van der Waals surface area contributed by atoms with Crippen molar-refractivity contribution < 1.29 is 4.79 Å². The molecule has 2 aliphatic heterocycles. The summed E-state index contributed by atoms with van der Waals surface area (Å²) in [6, 6.07) is 0. The van der Waals surface area contributed by atoms with E-state index in [1.54, 1.807) is 0 Å². The van der Waals surface area contributed by atoms with Crippen LogP contribution < -0.4 is 0 Å². The fourth-order valence-electron chi connectivity index (χ4n) is 2.41. The molecule has 0 N–H and O–H groups in total. The standard InChI is InChI=1S/C13H16N6O/c1-2-3-5-13(16-17-13)6-4-12(20)18-7-8-19-11(9-18)14-10-15-19/h1,10H,3-9H2. The summed E-state index contributed by atoms with van der Waals surface area (Å²) in [4.78, 5) is 18.2. The molecule has 1 aromatic rings. The van der Waals surface area contributed by atoms with Crippen molar-refractivity contribution in [1.29, 1.82) is 0 Å². The first-order valence-corrected chi connectivity index (χ1v) is 6.74. The minimum Gasteiger partial charge on any atom is -0.333 e. The molecule has 0 fully saturated rings. The second-order valence-electron chi connectivity index (χ2n) is 5.10. The van der Waals surface area contributed by atoms with Gasteiger partial charge in [0, 0.05) is 32.2 Å². The van der Waals surface area contributed by atoms with E-state index < -0.39 is 0 Å². The molecule has 0 atom stereocenters. The molecule has 0 spiro atoms. The van der Waals surface area contributed by atoms with Crippen LogP contribution in [0.5, 0.6) is 0 Å². The van der Waals surface area contributed by atoms with Crippen molar-refractivity contribution in [2.45, 2.75) is 44.4 Å². The monoisotopic (exact) mass is 272 g/mol. The van der Waals surface area contributed by atoms with Crippen LogP contribution in [0.25, 0.3) is 0 Å². The SMILES string of the molecule is C#CCCC1(CCC(=O)N2CCn3ncnc3C2)N=N1. The molecule has 3 rings (SSSR count). The van der Waals surface area contributed by atoms with E-state index in [4.69, 9.17) is 6.42 Å². The maximum Gasteiger partial charge on any atom is 0.223 e. The van der Waals surface area contributed by atoms with Gasteiger partial charge in [-0.1, -0.05) is 0 Å². The Hall–Kier alpha value is -2.23. The maximum absolute atomic E-state index is 12.2. The summed E-state index contributed by atoms with van der Waals surface area (Å²) in [7, 11) is 0. The number of terminal acetylenes is 1. The molecule has 0 bridgehead atoms. The summed E-state index contributed by atoms with van der Waals surface area (Å²) in [6.45, 7) is 1.92. The largest absolute Gasteiger partial charge is 0.333 e. The zero-order valence-corrected chi connectivity index (χ0v) is 11.2. The molecule has 7 heteroatoms. The van der Waals surface area contributed by atoms with Crippen molar-refractivity contribution >= 4 is 5.91 Å². The molecule has 20 heavy (non-hydrogen) atoms. The first-order chi connectivity index (χ1) is 9.72. The smallest absolute Gasteiger partial charge is 0.223 e. The quantitative estimate of drug-likeness (QED) is 0.750. The lowest BCUT2D eigenvalue weighted by Gasteiger charge is -2.27. The van der Waals surface area contributed by atoms with Crippen molar-refractivity contribution in [3.8, 4) is 12.3 Å². The van der Waals surface area contributed by atoms with Gasteiger partial charge in [0.15, 0.2) is 5.66 Å². The number of rotatable bonds is 5. The first-order valence-electron chi connectivity index (χ1n) is 6.74. The summed E-state index contributed by atoms with van der Waals surface area (Å²) in [6.07, 6.45) is 9.26. The summed E-state index contributed by atoms with van der Waals surface area (Å²) >= 11 is 0. The molecule has 0 unspecified atom stereocenters. The third kappa shape index (κ3) is 2.54. The molecule has 7 nitrogen and oxygen atoms in total. The zero-order valence-electron chi connectivity index (χ0n) is 11.2. The fourth-order valence-corrected chi connectivity index (χ4v) is 2.41. The Kier molecular flexibility index (Phi) is 3.22. The van der Waals surface area contributed by atoms with Gasteiger partial charge in [-0.3, -0.25) is 4.79 Å². The van der Waals surface area contributed by atoms with Crippen molar-refractivity contribution in [1.82, 2.24) is 19.7 Å². The van der Waals surface area contributed by atoms with Crippen LogP contribution in [-0.4, -0.2) is 37.8 Å². The van der Waals surface area contributed by atoms with E-state index in [0.717, 1.165) is 12.2 Å². The minimum atomic E-state index is -0.377. The van der Waals surface area contributed by atoms with Gasteiger partial charge in [0.25, 0.3) is 0 Å². The van der Waals surface area contributed by atoms with Crippen molar-refractivity contribution in [2.75, 3.05) is 6.54 Å². The highest BCUT2D eigenvalue weighted by Crippen LogP contribution is 2.37. The van der Waals surface area contributed by atoms with E-state index in [1.807, 2.05) is 9.58 Å². The lowest BCUT2D eigenvalue weighted by molar-refractivity contribution is -0.133. The van der Waals surface area contributed by atoms with Gasteiger partial charge >= 0.3 is 0 Å². The van der Waals surface area contributed by atoms with E-state index in [2.05, 4.69) is 26.2 Å². The van der Waals surface area contributed by atoms with Gasteiger partial charge in [-0.2, -0.15) is 15.3 Å². The normalized spacial score (nSPS) is 18.4. The molecule has 0 saturated heterocycles. The molecule has 1 amide bonds. The Morgan fingerprint density at radius 2 is 2.25 bits per heavy atom. The van der Waals surface area contributed by atoms with E-state index in [-0.39, 0.29) is 11.6 Å². The number of amides is 1. The van der Waals surface area contributed by atoms with Crippen LogP contribution >= 0.6 is 0 Å². The predicted octanol–water partition coefficient (Wildman–Crippen LogP) is 0.976. The minimum absolute atomic E-state index is 0.122. The topological polar surface area (TPSA) is 75.7 Å². The molecule has 0 radical (unpaired) electrons. The van der Waals surface area contributed by atoms with Crippen molar-refractivity contribution in [3.63, 3.8) is 0 Å². The number of hydrogen-bond donors (Lipinski definition) is 0. The van der Waals surface area contributed by atoms with Crippen molar-refractivity contribution in [3.05, 3.63) is 12.2 Å². The maximum atomic E-state index is 12.2. The number of hydrogen-bond acceptors (Lipinski definition) is 5. The lowest BCUT2D eigenvalue weighted by Crippen LogP contribution is -2.39. The first kappa shape index (κ1) is 12.8. The number of nitrogens with zero attached hydrogens (tertiary/aromatic N) is 6. The van der Waals surface area contributed by atoms with Crippen LogP contribution in [0.3, 0.4) is 0 Å². The van der Waals surface area contributed by atoms with Crippen LogP contribution in [0.2, 0.25) is 0 Å². The highest BCUT2D eigenvalue weighted by atomic mass is 16.2. The van der Waals surface area contributed by atoms with Crippen LogP contribution in [0.1, 0.15) is 31.5 Å². The van der Waals surface area contributed by atoms with Gasteiger partial charge in [-0.25, -0.2) is 9.67 Å². The van der Waals surface area contributed by atoms with Gasteiger partial charge in [0.05, 0.1) is 13.1 Å². The summed E-state index contributed by atoms with van der Waals surface area (Å²) in [5, 5.41) is 12.2. The second-order valence-corrected chi connectivity index (χ2v) is 5.10. The van der Waals surface area contributed by atoms with E-state index >= 15 is 0 Å². The molecule has 0 aliphatic carbocycles. The molecule has 104 valence electrons. The van der Waals surface area contributed by atoms with Crippen molar-refractivity contribution in [2.24, 2.45) is 10.2 Å². The van der Waals surface area contributed by atoms with Crippen LogP contribution in [0.15, 0.2) is 16.6 Å². The average molecular weight is 272 g/mol. The second kappa shape index (κ2) is 5.04. The number of aromatic nitrogens is 3. The Morgan fingerprint density at radius 3 is 3.00 bits per heavy atom. The number of fused-ring (bicyclic) bond motifs is 1. The van der Waals surface area contributed by atoms with Crippen LogP contribution in [0.4, 0.5) is 0 Å². The molecular formula is C13H16N6O. The number of carbonyl (C=O) groups excluding carboxylic acids is 1. The third-order valence-electron chi connectivity index (χ3n) is 3.75. The van der Waals surface area contributed by atoms with E-state index in [9.17, 15) is 4.79 Å². The highest BCUT2D eigenvalue weighted by molar-refractivity contribution is 5.76. The fraction of sp³-hybridized carbons (Fsp3) is 0.615. The summed E-state index contributed by atoms with van der Waals surface area (Å²) in [5.74, 6) is 3.55. The average Bonchev–Trinajstić information content (AvgIpc) is 3.09. The molecule has 0 aromatic carbocycles. The van der Waals surface area contributed by atoms with E-state index in [0.29, 0.717) is 38.9 Å². The summed E-state index contributed by atoms with van der Waals surface area (Å²) < 4.78 is 1.84. The Bertz CT molecular complexity index is 578. The molecular weight excluding hydrogens is 256 g/mol. The van der Waals surface area contributed by atoms with Gasteiger partial charge in [0.2, 0.25) is 5.91 Å². The Labute approximate surface area is 117 Å². The predicted molar refractivity (Wildman–Crippen MR) is 70.3 cm³/mol. The molecule has 0 saturated carbocycles. The Morgan fingerprint density at radius 1 is 1.40 bits per heavy atom. The Balaban J connectivity index is 1.50. The van der Waals surface area contributed by atoms with E-state index in [1.165, 1.54) is 6.33 Å². The molecule has 1 aromatic heterocycles. The van der Waals surface area contributed by atoms with Gasteiger partial charge in [0.1, 0.15) is 12.2 Å². The zero-order chi connectivity index (χ0) is 14.0. The van der Waals surface area contributed by atoms with Crippen LogP contribution in [0, 0.1) is 12.3 Å². The van der Waals surface area contributed by atoms with Crippen LogP contribution in [-0.2, 0) is 17.9 Å². The third-order valence-corrected chi connectivity index (χ3v) is 3.75. The highest BCUT2D eigenvalue weighted by Gasteiger charge is 2.39. The lowest BCUT2D eigenvalue weighted by atomic mass is 10.0. The molecule has 2 aliphatic rings. The van der Waals surface area contributed by atoms with Gasteiger partial charge in [-0.15, -0.1) is 12.3 Å². The van der Waals surface area contributed by atoms with Gasteiger partial charge < -0.3 is 4.90 Å². The molecule has 3 heterocycles. The summed E-state index contributed by atoms with van der Waals surface area (Å²) in [5.41, 5.74) is -0.377. The number of carbonyl (C=O) groups is 1.